The normalized spacial score (nSPS) is 11.1. The molecular weight excluding hydrogens is 448 g/mol. The molecule has 2 heterocycles. The number of amides is 1. The molecular formula is C22H18N4O4S2. The molecule has 3 N–H and O–H groups in total. The van der Waals surface area contributed by atoms with Crippen LogP contribution in [0.4, 0.5) is 11.4 Å². The summed E-state index contributed by atoms with van der Waals surface area (Å²) in [6.07, 6.45) is 3.09. The van der Waals surface area contributed by atoms with Crippen molar-refractivity contribution in [1.29, 1.82) is 0 Å². The predicted octanol–water partition coefficient (Wildman–Crippen LogP) is 3.89. The molecule has 2 aromatic heterocycles. The number of aromatic nitrogens is 2. The number of aromatic hydroxyl groups is 1. The lowest BCUT2D eigenvalue weighted by atomic mass is 10.1. The minimum Gasteiger partial charge on any atom is -0.508 e. The largest absolute Gasteiger partial charge is 0.508 e. The first kappa shape index (κ1) is 21.5. The fourth-order valence-corrected chi connectivity index (χ4v) is 4.94. The zero-order valence-corrected chi connectivity index (χ0v) is 18.2. The van der Waals surface area contributed by atoms with Gasteiger partial charge in [0.15, 0.2) is 5.82 Å². The minimum atomic E-state index is -3.61. The van der Waals surface area contributed by atoms with Crippen molar-refractivity contribution in [3.63, 3.8) is 0 Å². The number of hydrogen-bond acceptors (Lipinski definition) is 7. The van der Waals surface area contributed by atoms with Crippen LogP contribution in [-0.4, -0.2) is 29.4 Å². The van der Waals surface area contributed by atoms with E-state index in [2.05, 4.69) is 20.0 Å². The maximum Gasteiger partial charge on any atom is 0.271 e. The molecule has 0 aliphatic rings. The van der Waals surface area contributed by atoms with Gasteiger partial charge in [0.25, 0.3) is 10.0 Å². The highest BCUT2D eigenvalue weighted by atomic mass is 32.2. The molecule has 10 heteroatoms. The maximum atomic E-state index is 12.3. The molecule has 32 heavy (non-hydrogen) atoms. The fraction of sp³-hybridized carbons (Fsp3) is 0.0455. The lowest BCUT2D eigenvalue weighted by Gasteiger charge is -2.08. The Labute approximate surface area is 188 Å². The van der Waals surface area contributed by atoms with Crippen LogP contribution in [0.3, 0.4) is 0 Å². The molecule has 4 rings (SSSR count). The topological polar surface area (TPSA) is 121 Å². The molecule has 162 valence electrons. The fourth-order valence-electron chi connectivity index (χ4n) is 2.89. The first-order chi connectivity index (χ1) is 15.4. The highest BCUT2D eigenvalue weighted by Gasteiger charge is 2.15. The van der Waals surface area contributed by atoms with Crippen LogP contribution >= 0.6 is 11.3 Å². The number of sulfonamides is 1. The first-order valence-electron chi connectivity index (χ1n) is 9.46. The van der Waals surface area contributed by atoms with E-state index in [0.717, 1.165) is 16.9 Å². The van der Waals surface area contributed by atoms with Crippen LogP contribution in [-0.2, 0) is 21.2 Å². The third kappa shape index (κ3) is 5.29. The monoisotopic (exact) mass is 466 g/mol. The molecule has 1 amide bonds. The summed E-state index contributed by atoms with van der Waals surface area (Å²) in [6, 6.07) is 16.4. The van der Waals surface area contributed by atoms with Gasteiger partial charge < -0.3 is 10.4 Å². The Morgan fingerprint density at radius 1 is 0.969 bits per heavy atom. The lowest BCUT2D eigenvalue weighted by Crippen LogP contribution is -2.15. The molecule has 0 radical (unpaired) electrons. The Balaban J connectivity index is 1.35. The summed E-state index contributed by atoms with van der Waals surface area (Å²) >= 11 is 1.14. The van der Waals surface area contributed by atoms with Gasteiger partial charge >= 0.3 is 0 Å². The third-order valence-corrected chi connectivity index (χ3v) is 7.15. The molecule has 0 spiro atoms. The SMILES string of the molecule is O=C(Cc1ccc(NS(=O)(=O)c2cccs2)cc1)Nc1cnc(-c2cccc(O)c2)nc1. The van der Waals surface area contributed by atoms with E-state index in [1.807, 2.05) is 0 Å². The van der Waals surface area contributed by atoms with Crippen LogP contribution in [0.25, 0.3) is 11.4 Å². The Bertz CT molecular complexity index is 1320. The first-order valence-corrected chi connectivity index (χ1v) is 11.8. The summed E-state index contributed by atoms with van der Waals surface area (Å²) < 4.78 is 27.3. The number of rotatable bonds is 7. The van der Waals surface area contributed by atoms with Crippen molar-refractivity contribution in [3.05, 3.63) is 84.0 Å². The number of phenolic OH excluding ortho intramolecular Hbond substituents is 1. The molecule has 2 aromatic carbocycles. The van der Waals surface area contributed by atoms with Gasteiger partial charge in [0.05, 0.1) is 24.5 Å². The standard InChI is InChI=1S/C22H18N4O4S2/c27-19-4-1-3-16(12-19)22-23-13-18(14-24-22)25-20(28)11-15-6-8-17(9-7-15)26-32(29,30)21-5-2-10-31-21/h1-10,12-14,26-27H,11H2,(H,25,28). The smallest absolute Gasteiger partial charge is 0.271 e. The molecule has 0 fully saturated rings. The van der Waals surface area contributed by atoms with Crippen LogP contribution in [0.5, 0.6) is 5.75 Å². The molecule has 0 saturated carbocycles. The molecule has 4 aromatic rings. The Morgan fingerprint density at radius 3 is 2.38 bits per heavy atom. The number of carbonyl (C=O) groups is 1. The number of anilines is 2. The molecule has 0 aliphatic carbocycles. The maximum absolute atomic E-state index is 12.3. The second-order valence-electron chi connectivity index (χ2n) is 6.81. The summed E-state index contributed by atoms with van der Waals surface area (Å²) in [6.45, 7) is 0. The second kappa shape index (κ2) is 9.16. The van der Waals surface area contributed by atoms with Crippen molar-refractivity contribution in [1.82, 2.24) is 9.97 Å². The van der Waals surface area contributed by atoms with Gasteiger partial charge in [-0.25, -0.2) is 18.4 Å². The molecule has 0 unspecified atom stereocenters. The van der Waals surface area contributed by atoms with Gasteiger partial charge in [0, 0.05) is 11.3 Å². The highest BCUT2D eigenvalue weighted by Crippen LogP contribution is 2.22. The number of carbonyl (C=O) groups excluding carboxylic acids is 1. The Morgan fingerprint density at radius 2 is 1.72 bits per heavy atom. The summed E-state index contributed by atoms with van der Waals surface area (Å²) in [5.74, 6) is 0.291. The van der Waals surface area contributed by atoms with E-state index in [1.165, 1.54) is 18.5 Å². The van der Waals surface area contributed by atoms with Crippen LogP contribution in [0.15, 0.2) is 82.6 Å². The molecule has 0 saturated heterocycles. The summed E-state index contributed by atoms with van der Waals surface area (Å²) in [4.78, 5) is 20.8. The lowest BCUT2D eigenvalue weighted by molar-refractivity contribution is -0.115. The van der Waals surface area contributed by atoms with Gasteiger partial charge in [-0.15, -0.1) is 11.3 Å². The average molecular weight is 467 g/mol. The Hall–Kier alpha value is -3.76. The summed E-state index contributed by atoms with van der Waals surface area (Å²) in [7, 11) is -3.61. The quantitative estimate of drug-likeness (QED) is 0.380. The number of benzene rings is 2. The van der Waals surface area contributed by atoms with Crippen LogP contribution in [0.2, 0.25) is 0 Å². The van der Waals surface area contributed by atoms with Gasteiger partial charge in [-0.1, -0.05) is 30.3 Å². The predicted molar refractivity (Wildman–Crippen MR) is 123 cm³/mol. The zero-order chi connectivity index (χ0) is 22.6. The number of phenols is 1. The van der Waals surface area contributed by atoms with Crippen molar-refractivity contribution in [3.8, 4) is 17.1 Å². The number of nitrogens with zero attached hydrogens (tertiary/aromatic N) is 2. The van der Waals surface area contributed by atoms with Crippen LogP contribution < -0.4 is 10.0 Å². The van der Waals surface area contributed by atoms with E-state index in [0.29, 0.717) is 22.8 Å². The average Bonchev–Trinajstić information content (AvgIpc) is 3.32. The van der Waals surface area contributed by atoms with Gasteiger partial charge in [0.1, 0.15) is 9.96 Å². The van der Waals surface area contributed by atoms with E-state index in [-0.39, 0.29) is 22.3 Å². The summed E-state index contributed by atoms with van der Waals surface area (Å²) in [5.41, 5.74) is 2.24. The van der Waals surface area contributed by atoms with Gasteiger partial charge in [-0.05, 0) is 41.3 Å². The van der Waals surface area contributed by atoms with Crippen molar-refractivity contribution in [2.75, 3.05) is 10.0 Å². The zero-order valence-electron chi connectivity index (χ0n) is 16.6. The highest BCUT2D eigenvalue weighted by molar-refractivity contribution is 7.94. The van der Waals surface area contributed by atoms with E-state index in [4.69, 9.17) is 0 Å². The van der Waals surface area contributed by atoms with Gasteiger partial charge in [0.2, 0.25) is 5.91 Å². The van der Waals surface area contributed by atoms with Crippen molar-refractivity contribution < 1.29 is 18.3 Å². The number of nitrogens with one attached hydrogen (secondary N) is 2. The molecule has 0 bridgehead atoms. The molecule has 0 atom stereocenters. The van der Waals surface area contributed by atoms with Crippen molar-refractivity contribution >= 4 is 38.6 Å². The Kier molecular flexibility index (Phi) is 6.15. The van der Waals surface area contributed by atoms with Gasteiger partial charge in [-0.2, -0.15) is 0 Å². The van der Waals surface area contributed by atoms with Gasteiger partial charge in [-0.3, -0.25) is 9.52 Å². The van der Waals surface area contributed by atoms with Crippen molar-refractivity contribution in [2.45, 2.75) is 10.6 Å². The van der Waals surface area contributed by atoms with E-state index in [1.54, 1.807) is 60.0 Å². The molecule has 8 nitrogen and oxygen atoms in total. The molecule has 0 aliphatic heterocycles. The second-order valence-corrected chi connectivity index (χ2v) is 9.66. The number of hydrogen-bond donors (Lipinski definition) is 3. The van der Waals surface area contributed by atoms with Crippen molar-refractivity contribution in [2.24, 2.45) is 0 Å². The van der Waals surface area contributed by atoms with E-state index < -0.39 is 10.0 Å². The van der Waals surface area contributed by atoms with Crippen LogP contribution in [0.1, 0.15) is 5.56 Å². The number of thiophene rings is 1. The van der Waals surface area contributed by atoms with E-state index >= 15 is 0 Å². The minimum absolute atomic E-state index is 0.103. The summed E-state index contributed by atoms with van der Waals surface area (Å²) in [5, 5.41) is 14.0. The van der Waals surface area contributed by atoms with Crippen LogP contribution in [0, 0.1) is 0 Å². The van der Waals surface area contributed by atoms with E-state index in [9.17, 15) is 18.3 Å². The third-order valence-electron chi connectivity index (χ3n) is 4.37.